The number of ether oxygens (including phenoxy) is 1. The maximum atomic E-state index is 5.90. The lowest BCUT2D eigenvalue weighted by Crippen LogP contribution is -2.22. The van der Waals surface area contributed by atoms with Crippen molar-refractivity contribution in [2.45, 2.75) is 19.4 Å². The van der Waals surface area contributed by atoms with Crippen molar-refractivity contribution in [3.63, 3.8) is 0 Å². The molecule has 1 aliphatic heterocycles. The summed E-state index contributed by atoms with van der Waals surface area (Å²) in [5, 5.41) is 3.60. The Morgan fingerprint density at radius 2 is 2.19 bits per heavy atom. The fourth-order valence-electron chi connectivity index (χ4n) is 2.81. The van der Waals surface area contributed by atoms with Gasteiger partial charge in [0.25, 0.3) is 0 Å². The molecule has 1 heterocycles. The van der Waals surface area contributed by atoms with E-state index in [0.717, 1.165) is 29.8 Å². The van der Waals surface area contributed by atoms with Crippen LogP contribution in [0.5, 0.6) is 5.75 Å². The number of hydrogen-bond acceptors (Lipinski definition) is 2. The summed E-state index contributed by atoms with van der Waals surface area (Å²) in [7, 11) is 0. The Labute approximate surface area is 147 Å². The average Bonchev–Trinajstić information content (AvgIpc) is 2.92. The Balaban J connectivity index is 2.10. The summed E-state index contributed by atoms with van der Waals surface area (Å²) in [4.78, 5) is 0. The van der Waals surface area contributed by atoms with E-state index in [1.165, 1.54) is 20.3 Å². The topological polar surface area (TPSA) is 21.3 Å². The van der Waals surface area contributed by atoms with Gasteiger partial charge in [-0.25, -0.2) is 0 Å². The van der Waals surface area contributed by atoms with Gasteiger partial charge in [-0.05, 0) is 64.5 Å². The molecule has 0 aliphatic carbocycles. The van der Waals surface area contributed by atoms with Gasteiger partial charge in [0.2, 0.25) is 0 Å². The van der Waals surface area contributed by atoms with Gasteiger partial charge in [0.1, 0.15) is 5.75 Å². The summed E-state index contributed by atoms with van der Waals surface area (Å²) in [5.41, 5.74) is 3.80. The third kappa shape index (κ3) is 3.27. The molecule has 2 aromatic rings. The fraction of sp³-hybridized carbons (Fsp3) is 0.294. The Bertz CT molecular complexity index is 659. The number of hydrogen-bond donors (Lipinski definition) is 1. The van der Waals surface area contributed by atoms with Crippen molar-refractivity contribution in [2.24, 2.45) is 0 Å². The maximum absolute atomic E-state index is 5.90. The standard InChI is InChI=1S/C17H17BrINO/c1-2-20-16(11-4-3-5-14(19)9-11)15-10-13(18)8-12-6-7-21-17(12)15/h3-5,8-10,16,20H,2,6-7H2,1H3. The first-order valence-electron chi connectivity index (χ1n) is 7.13. The van der Waals surface area contributed by atoms with Crippen molar-refractivity contribution in [1.82, 2.24) is 5.32 Å². The molecule has 1 atom stereocenters. The highest BCUT2D eigenvalue weighted by molar-refractivity contribution is 14.1. The molecule has 4 heteroatoms. The molecule has 0 saturated heterocycles. The lowest BCUT2D eigenvalue weighted by Gasteiger charge is -2.22. The first kappa shape index (κ1) is 15.3. The number of rotatable bonds is 4. The molecular formula is C17H17BrINO. The molecule has 1 N–H and O–H groups in total. The smallest absolute Gasteiger partial charge is 0.127 e. The van der Waals surface area contributed by atoms with E-state index in [9.17, 15) is 0 Å². The summed E-state index contributed by atoms with van der Waals surface area (Å²) in [5.74, 6) is 1.06. The predicted octanol–water partition coefficient (Wildman–Crippen LogP) is 4.69. The van der Waals surface area contributed by atoms with E-state index < -0.39 is 0 Å². The zero-order chi connectivity index (χ0) is 14.8. The quantitative estimate of drug-likeness (QED) is 0.672. The molecule has 3 rings (SSSR count). The van der Waals surface area contributed by atoms with Crippen LogP contribution < -0.4 is 10.1 Å². The molecule has 2 nitrogen and oxygen atoms in total. The van der Waals surface area contributed by atoms with E-state index in [-0.39, 0.29) is 6.04 Å². The van der Waals surface area contributed by atoms with E-state index in [4.69, 9.17) is 4.74 Å². The number of nitrogens with one attached hydrogen (secondary N) is 1. The van der Waals surface area contributed by atoms with E-state index in [1.807, 2.05) is 0 Å². The minimum Gasteiger partial charge on any atom is -0.493 e. The van der Waals surface area contributed by atoms with E-state index in [1.54, 1.807) is 0 Å². The van der Waals surface area contributed by atoms with Gasteiger partial charge >= 0.3 is 0 Å². The molecule has 0 radical (unpaired) electrons. The summed E-state index contributed by atoms with van der Waals surface area (Å²) in [6.07, 6.45) is 0.993. The van der Waals surface area contributed by atoms with E-state index in [2.05, 4.69) is 87.2 Å². The van der Waals surface area contributed by atoms with Crippen LogP contribution in [0.2, 0.25) is 0 Å². The Morgan fingerprint density at radius 1 is 1.33 bits per heavy atom. The minimum absolute atomic E-state index is 0.161. The molecule has 0 amide bonds. The average molecular weight is 458 g/mol. The van der Waals surface area contributed by atoms with Crippen LogP contribution >= 0.6 is 38.5 Å². The predicted molar refractivity (Wildman–Crippen MR) is 98.0 cm³/mol. The Kier molecular flexibility index (Phi) is 4.86. The molecule has 1 aliphatic rings. The van der Waals surface area contributed by atoms with E-state index in [0.29, 0.717) is 0 Å². The molecule has 1 unspecified atom stereocenters. The van der Waals surface area contributed by atoms with Crippen LogP contribution in [0.4, 0.5) is 0 Å². The number of halogens is 2. The second kappa shape index (κ2) is 6.67. The Hall–Kier alpha value is -0.590. The molecule has 0 spiro atoms. The maximum Gasteiger partial charge on any atom is 0.127 e. The highest BCUT2D eigenvalue weighted by atomic mass is 127. The first-order chi connectivity index (χ1) is 10.2. The molecular weight excluding hydrogens is 441 g/mol. The molecule has 0 fully saturated rings. The lowest BCUT2D eigenvalue weighted by molar-refractivity contribution is 0.350. The zero-order valence-corrected chi connectivity index (χ0v) is 15.6. The van der Waals surface area contributed by atoms with Crippen molar-refractivity contribution >= 4 is 38.5 Å². The normalized spacial score (nSPS) is 14.6. The van der Waals surface area contributed by atoms with Gasteiger partial charge in [-0.1, -0.05) is 35.0 Å². The van der Waals surface area contributed by atoms with Crippen LogP contribution in [-0.2, 0) is 6.42 Å². The van der Waals surface area contributed by atoms with Gasteiger partial charge in [0.15, 0.2) is 0 Å². The fourth-order valence-corrected chi connectivity index (χ4v) is 3.90. The molecule has 0 saturated carbocycles. The second-order valence-corrected chi connectivity index (χ2v) is 7.29. The van der Waals surface area contributed by atoms with Crippen LogP contribution in [0.1, 0.15) is 29.7 Å². The van der Waals surface area contributed by atoms with Crippen LogP contribution in [-0.4, -0.2) is 13.2 Å². The molecule has 21 heavy (non-hydrogen) atoms. The lowest BCUT2D eigenvalue weighted by atomic mass is 9.96. The van der Waals surface area contributed by atoms with Crippen molar-refractivity contribution in [3.05, 3.63) is 61.1 Å². The third-order valence-electron chi connectivity index (χ3n) is 3.68. The van der Waals surface area contributed by atoms with Crippen LogP contribution in [0, 0.1) is 3.57 Å². The molecule has 0 bridgehead atoms. The van der Waals surface area contributed by atoms with Crippen molar-refractivity contribution in [1.29, 1.82) is 0 Å². The van der Waals surface area contributed by atoms with Crippen molar-refractivity contribution in [3.8, 4) is 5.75 Å². The minimum atomic E-state index is 0.161. The SMILES string of the molecule is CCNC(c1cccc(I)c1)c1cc(Br)cc2c1OCC2. The van der Waals surface area contributed by atoms with Crippen LogP contribution in [0.25, 0.3) is 0 Å². The van der Waals surface area contributed by atoms with Gasteiger partial charge in [-0.15, -0.1) is 0 Å². The molecule has 110 valence electrons. The summed E-state index contributed by atoms with van der Waals surface area (Å²) in [6.45, 7) is 3.83. The van der Waals surface area contributed by atoms with Crippen molar-refractivity contribution in [2.75, 3.05) is 13.2 Å². The molecule has 0 aromatic heterocycles. The Morgan fingerprint density at radius 3 is 2.95 bits per heavy atom. The van der Waals surface area contributed by atoms with Gasteiger partial charge < -0.3 is 10.1 Å². The largest absolute Gasteiger partial charge is 0.493 e. The van der Waals surface area contributed by atoms with Gasteiger partial charge in [-0.3, -0.25) is 0 Å². The highest BCUT2D eigenvalue weighted by Gasteiger charge is 2.24. The number of fused-ring (bicyclic) bond motifs is 1. The summed E-state index contributed by atoms with van der Waals surface area (Å²) < 4.78 is 8.27. The number of benzene rings is 2. The van der Waals surface area contributed by atoms with E-state index >= 15 is 0 Å². The monoisotopic (exact) mass is 457 g/mol. The van der Waals surface area contributed by atoms with Crippen LogP contribution in [0.15, 0.2) is 40.9 Å². The highest BCUT2D eigenvalue weighted by Crippen LogP contribution is 2.38. The second-order valence-electron chi connectivity index (χ2n) is 5.13. The summed E-state index contributed by atoms with van der Waals surface area (Å²) >= 11 is 6.00. The third-order valence-corrected chi connectivity index (χ3v) is 4.81. The molecule has 2 aromatic carbocycles. The van der Waals surface area contributed by atoms with Gasteiger partial charge in [-0.2, -0.15) is 0 Å². The first-order valence-corrected chi connectivity index (χ1v) is 9.00. The van der Waals surface area contributed by atoms with Gasteiger partial charge in [0.05, 0.1) is 12.6 Å². The zero-order valence-electron chi connectivity index (χ0n) is 11.8. The van der Waals surface area contributed by atoms with Crippen LogP contribution in [0.3, 0.4) is 0 Å². The summed E-state index contributed by atoms with van der Waals surface area (Å²) in [6, 6.07) is 13.2. The van der Waals surface area contributed by atoms with Crippen molar-refractivity contribution < 1.29 is 4.74 Å². The van der Waals surface area contributed by atoms with Gasteiger partial charge in [0, 0.05) is 20.0 Å².